The van der Waals surface area contributed by atoms with Crippen LogP contribution in [0.1, 0.15) is 51.4 Å². The fourth-order valence-electron chi connectivity index (χ4n) is 2.52. The lowest BCUT2D eigenvalue weighted by Crippen LogP contribution is -2.45. The number of halogens is 1. The van der Waals surface area contributed by atoms with Crippen molar-refractivity contribution in [2.45, 2.75) is 51.5 Å². The summed E-state index contributed by atoms with van der Waals surface area (Å²) in [4.78, 5) is 12.2. The van der Waals surface area contributed by atoms with E-state index in [1.165, 1.54) is 24.3 Å². The summed E-state index contributed by atoms with van der Waals surface area (Å²) in [5.74, 6) is -0.234. The molecule has 0 saturated carbocycles. The van der Waals surface area contributed by atoms with Gasteiger partial charge in [0.25, 0.3) is 15.0 Å². The van der Waals surface area contributed by atoms with E-state index in [4.69, 9.17) is 10.7 Å². The van der Waals surface area contributed by atoms with Crippen molar-refractivity contribution in [2.24, 2.45) is 5.41 Å². The molecular formula is C15H22ClNO3S. The maximum Gasteiger partial charge on any atom is 0.261 e. The summed E-state index contributed by atoms with van der Waals surface area (Å²) in [7, 11) is 1.48. The number of carbonyl (C=O) groups is 1. The predicted molar refractivity (Wildman–Crippen MR) is 85.1 cm³/mol. The van der Waals surface area contributed by atoms with Gasteiger partial charge >= 0.3 is 0 Å². The maximum atomic E-state index is 12.2. The average molecular weight is 332 g/mol. The Kier molecular flexibility index (Phi) is 5.11. The molecule has 118 valence electrons. The van der Waals surface area contributed by atoms with Gasteiger partial charge in [0.15, 0.2) is 0 Å². The zero-order chi connectivity index (χ0) is 16.5. The van der Waals surface area contributed by atoms with Gasteiger partial charge in [-0.15, -0.1) is 0 Å². The molecule has 0 radical (unpaired) electrons. The van der Waals surface area contributed by atoms with E-state index in [9.17, 15) is 13.2 Å². The van der Waals surface area contributed by atoms with Crippen LogP contribution < -0.4 is 5.32 Å². The highest BCUT2D eigenvalue weighted by Crippen LogP contribution is 2.27. The molecule has 0 aliphatic heterocycles. The summed E-state index contributed by atoms with van der Waals surface area (Å²) < 4.78 is 22.3. The second kappa shape index (κ2) is 5.97. The zero-order valence-electron chi connectivity index (χ0n) is 13.0. The largest absolute Gasteiger partial charge is 0.347 e. The molecule has 1 amide bonds. The predicted octanol–water partition coefficient (Wildman–Crippen LogP) is 3.56. The first-order valence-corrected chi connectivity index (χ1v) is 8.98. The minimum absolute atomic E-state index is 0.0188. The van der Waals surface area contributed by atoms with Crippen molar-refractivity contribution < 1.29 is 13.2 Å². The number of hydrogen-bond acceptors (Lipinski definition) is 3. The van der Waals surface area contributed by atoms with Crippen LogP contribution in [-0.4, -0.2) is 19.9 Å². The molecule has 4 nitrogen and oxygen atoms in total. The Bertz CT molecular complexity index is 613. The second-order valence-corrected chi connectivity index (χ2v) is 9.60. The van der Waals surface area contributed by atoms with Crippen LogP contribution >= 0.6 is 10.7 Å². The molecule has 0 heterocycles. The standard InChI is InChI=1S/C15H22ClNO3S/c1-14(2,3)10-15(4,5)17-13(18)11-6-8-12(9-7-11)21(16,19)20/h6-9H,10H2,1-5H3,(H,17,18). The lowest BCUT2D eigenvalue weighted by molar-refractivity contribution is 0.0891. The second-order valence-electron chi connectivity index (χ2n) is 7.04. The van der Waals surface area contributed by atoms with E-state index in [1.807, 2.05) is 13.8 Å². The van der Waals surface area contributed by atoms with Gasteiger partial charge in [-0.05, 0) is 49.9 Å². The molecule has 0 atom stereocenters. The van der Waals surface area contributed by atoms with E-state index in [1.54, 1.807) is 0 Å². The number of benzene rings is 1. The average Bonchev–Trinajstić information content (AvgIpc) is 2.23. The third-order valence-corrected chi connectivity index (χ3v) is 4.19. The molecular weight excluding hydrogens is 310 g/mol. The van der Waals surface area contributed by atoms with Crippen LogP contribution in [0.4, 0.5) is 0 Å². The topological polar surface area (TPSA) is 63.2 Å². The highest BCUT2D eigenvalue weighted by atomic mass is 35.7. The van der Waals surface area contributed by atoms with Gasteiger partial charge in [-0.3, -0.25) is 4.79 Å². The lowest BCUT2D eigenvalue weighted by Gasteiger charge is -2.33. The van der Waals surface area contributed by atoms with Crippen molar-refractivity contribution in [3.63, 3.8) is 0 Å². The first-order chi connectivity index (χ1) is 9.30. The molecule has 1 aromatic carbocycles. The maximum absolute atomic E-state index is 12.2. The molecule has 1 rings (SSSR count). The van der Waals surface area contributed by atoms with Crippen LogP contribution in [0.3, 0.4) is 0 Å². The molecule has 0 saturated heterocycles. The molecule has 0 fully saturated rings. The first kappa shape index (κ1) is 18.0. The van der Waals surface area contributed by atoms with Gasteiger partial charge in [0.2, 0.25) is 0 Å². The third kappa shape index (κ3) is 6.06. The van der Waals surface area contributed by atoms with E-state index in [-0.39, 0.29) is 21.8 Å². The van der Waals surface area contributed by atoms with Crippen LogP contribution in [0.5, 0.6) is 0 Å². The van der Waals surface area contributed by atoms with Crippen LogP contribution in [0.2, 0.25) is 0 Å². The molecule has 0 spiro atoms. The van der Waals surface area contributed by atoms with E-state index < -0.39 is 9.05 Å². The fraction of sp³-hybridized carbons (Fsp3) is 0.533. The van der Waals surface area contributed by atoms with E-state index >= 15 is 0 Å². The Morgan fingerprint density at radius 3 is 1.95 bits per heavy atom. The van der Waals surface area contributed by atoms with Gasteiger partial charge in [-0.1, -0.05) is 20.8 Å². The molecule has 1 aromatic rings. The molecule has 21 heavy (non-hydrogen) atoms. The Labute approximate surface area is 131 Å². The Morgan fingerprint density at radius 1 is 1.10 bits per heavy atom. The van der Waals surface area contributed by atoms with E-state index in [0.717, 1.165) is 6.42 Å². The smallest absolute Gasteiger partial charge is 0.261 e. The fourth-order valence-corrected chi connectivity index (χ4v) is 3.29. The number of hydrogen-bond donors (Lipinski definition) is 1. The summed E-state index contributed by atoms with van der Waals surface area (Å²) in [5.41, 5.74) is 0.140. The number of rotatable bonds is 4. The molecule has 1 N–H and O–H groups in total. The third-order valence-electron chi connectivity index (χ3n) is 2.82. The quantitative estimate of drug-likeness (QED) is 0.858. The Hall–Kier alpha value is -1.07. The van der Waals surface area contributed by atoms with Crippen molar-refractivity contribution >= 4 is 25.6 Å². The minimum Gasteiger partial charge on any atom is -0.347 e. The zero-order valence-corrected chi connectivity index (χ0v) is 14.6. The van der Waals surface area contributed by atoms with Crippen molar-refractivity contribution in [3.05, 3.63) is 29.8 Å². The Balaban J connectivity index is 2.85. The Morgan fingerprint density at radius 2 is 1.57 bits per heavy atom. The van der Waals surface area contributed by atoms with Gasteiger partial charge < -0.3 is 5.32 Å². The van der Waals surface area contributed by atoms with Gasteiger partial charge in [0.1, 0.15) is 0 Å². The normalized spacial score (nSPS) is 13.0. The van der Waals surface area contributed by atoms with E-state index in [0.29, 0.717) is 5.56 Å². The summed E-state index contributed by atoms with van der Waals surface area (Å²) in [5, 5.41) is 2.97. The SMILES string of the molecule is CC(C)(C)CC(C)(C)NC(=O)c1ccc(S(=O)(=O)Cl)cc1. The summed E-state index contributed by atoms with van der Waals surface area (Å²) in [6, 6.07) is 5.57. The molecule has 6 heteroatoms. The number of carbonyl (C=O) groups excluding carboxylic acids is 1. The molecule has 0 aliphatic rings. The minimum atomic E-state index is -3.76. The highest BCUT2D eigenvalue weighted by molar-refractivity contribution is 8.13. The van der Waals surface area contributed by atoms with Crippen LogP contribution in [-0.2, 0) is 9.05 Å². The molecule has 0 unspecified atom stereocenters. The van der Waals surface area contributed by atoms with Crippen molar-refractivity contribution in [2.75, 3.05) is 0 Å². The summed E-state index contributed by atoms with van der Waals surface area (Å²) in [6.45, 7) is 10.3. The van der Waals surface area contributed by atoms with Gasteiger partial charge in [-0.25, -0.2) is 8.42 Å². The summed E-state index contributed by atoms with van der Waals surface area (Å²) in [6.07, 6.45) is 0.819. The van der Waals surface area contributed by atoms with Crippen LogP contribution in [0, 0.1) is 5.41 Å². The molecule has 0 aromatic heterocycles. The van der Waals surface area contributed by atoms with Gasteiger partial charge in [0.05, 0.1) is 4.90 Å². The lowest BCUT2D eigenvalue weighted by atomic mass is 9.81. The number of amides is 1. The first-order valence-electron chi connectivity index (χ1n) is 6.67. The van der Waals surface area contributed by atoms with Crippen molar-refractivity contribution in [1.82, 2.24) is 5.32 Å². The van der Waals surface area contributed by atoms with Crippen LogP contribution in [0.15, 0.2) is 29.2 Å². The van der Waals surface area contributed by atoms with E-state index in [2.05, 4.69) is 26.1 Å². The van der Waals surface area contributed by atoms with Crippen LogP contribution in [0.25, 0.3) is 0 Å². The summed E-state index contributed by atoms with van der Waals surface area (Å²) >= 11 is 0. The van der Waals surface area contributed by atoms with Gasteiger partial charge in [-0.2, -0.15) is 0 Å². The van der Waals surface area contributed by atoms with Crippen molar-refractivity contribution in [3.8, 4) is 0 Å². The number of nitrogens with one attached hydrogen (secondary N) is 1. The molecule has 0 bridgehead atoms. The van der Waals surface area contributed by atoms with Gasteiger partial charge in [0, 0.05) is 21.8 Å². The van der Waals surface area contributed by atoms with Crippen molar-refractivity contribution in [1.29, 1.82) is 0 Å². The monoisotopic (exact) mass is 331 g/mol. The highest BCUT2D eigenvalue weighted by Gasteiger charge is 2.27. The molecule has 0 aliphatic carbocycles.